The molecule has 1 fully saturated rings. The van der Waals surface area contributed by atoms with Crippen LogP contribution in [0.15, 0.2) is 36.4 Å². The molecule has 3 rings (SSSR count). The SMILES string of the molecule is CC1OCC1(C)CCCOC(=O)c1ccc(N2C(=O)C=CC2=O)cc1. The number of hydrogen-bond acceptors (Lipinski definition) is 5. The van der Waals surface area contributed by atoms with E-state index >= 15 is 0 Å². The molecule has 2 unspecified atom stereocenters. The first-order valence-corrected chi connectivity index (χ1v) is 8.36. The summed E-state index contributed by atoms with van der Waals surface area (Å²) >= 11 is 0. The van der Waals surface area contributed by atoms with E-state index in [4.69, 9.17) is 9.47 Å². The summed E-state index contributed by atoms with van der Waals surface area (Å²) in [6.07, 6.45) is 4.43. The van der Waals surface area contributed by atoms with Crippen LogP contribution in [-0.2, 0) is 19.1 Å². The van der Waals surface area contributed by atoms with Crippen molar-refractivity contribution in [2.24, 2.45) is 5.41 Å². The molecule has 0 aromatic heterocycles. The molecule has 2 atom stereocenters. The van der Waals surface area contributed by atoms with Gasteiger partial charge in [0.1, 0.15) is 0 Å². The molecule has 0 spiro atoms. The van der Waals surface area contributed by atoms with E-state index in [2.05, 4.69) is 13.8 Å². The van der Waals surface area contributed by atoms with E-state index in [0.29, 0.717) is 17.9 Å². The van der Waals surface area contributed by atoms with Crippen molar-refractivity contribution >= 4 is 23.5 Å². The Kier molecular flexibility index (Phi) is 4.72. The van der Waals surface area contributed by atoms with Crippen LogP contribution in [0.5, 0.6) is 0 Å². The minimum absolute atomic E-state index is 0.177. The number of ether oxygens (including phenoxy) is 2. The van der Waals surface area contributed by atoms with Crippen molar-refractivity contribution in [3.8, 4) is 0 Å². The van der Waals surface area contributed by atoms with Crippen LogP contribution in [0.1, 0.15) is 37.0 Å². The highest BCUT2D eigenvalue weighted by Crippen LogP contribution is 2.38. The maximum absolute atomic E-state index is 12.1. The summed E-state index contributed by atoms with van der Waals surface area (Å²) in [6.45, 7) is 5.35. The second-order valence-corrected chi connectivity index (χ2v) is 6.74. The first-order chi connectivity index (χ1) is 11.9. The molecule has 1 aromatic rings. The quantitative estimate of drug-likeness (QED) is 0.451. The molecule has 0 aliphatic carbocycles. The minimum atomic E-state index is -0.410. The highest BCUT2D eigenvalue weighted by molar-refractivity contribution is 6.28. The summed E-state index contributed by atoms with van der Waals surface area (Å²) in [7, 11) is 0. The van der Waals surface area contributed by atoms with Crippen LogP contribution in [0.3, 0.4) is 0 Å². The van der Waals surface area contributed by atoms with Crippen LogP contribution >= 0.6 is 0 Å². The highest BCUT2D eigenvalue weighted by atomic mass is 16.5. The van der Waals surface area contributed by atoms with E-state index in [1.165, 1.54) is 12.2 Å². The number of imide groups is 1. The van der Waals surface area contributed by atoms with E-state index in [9.17, 15) is 14.4 Å². The molecule has 25 heavy (non-hydrogen) atoms. The number of amides is 2. The standard InChI is InChI=1S/C19H21NO5/c1-13-19(2,12-25-13)10-3-11-24-18(23)14-4-6-15(7-5-14)20-16(21)8-9-17(20)22/h4-9,13H,3,10-12H2,1-2H3. The summed E-state index contributed by atoms with van der Waals surface area (Å²) in [5, 5.41) is 0. The smallest absolute Gasteiger partial charge is 0.338 e. The molecule has 2 amide bonds. The molecule has 1 aromatic carbocycles. The van der Waals surface area contributed by atoms with Gasteiger partial charge in [-0.2, -0.15) is 0 Å². The first-order valence-electron chi connectivity index (χ1n) is 8.36. The fourth-order valence-electron chi connectivity index (χ4n) is 2.94. The lowest BCUT2D eigenvalue weighted by atomic mass is 9.77. The number of benzene rings is 1. The number of carbonyl (C=O) groups is 3. The van der Waals surface area contributed by atoms with Gasteiger partial charge in [-0.3, -0.25) is 9.59 Å². The van der Waals surface area contributed by atoms with Gasteiger partial charge in [-0.05, 0) is 44.0 Å². The molecule has 6 heteroatoms. The van der Waals surface area contributed by atoms with Crippen molar-refractivity contribution in [2.45, 2.75) is 32.8 Å². The molecule has 132 valence electrons. The van der Waals surface area contributed by atoms with Crippen molar-refractivity contribution in [3.05, 3.63) is 42.0 Å². The molecule has 1 saturated heterocycles. The Balaban J connectivity index is 1.49. The van der Waals surface area contributed by atoms with Gasteiger partial charge in [0.25, 0.3) is 11.8 Å². The fraction of sp³-hybridized carbons (Fsp3) is 0.421. The van der Waals surface area contributed by atoms with E-state index in [1.807, 2.05) is 0 Å². The number of esters is 1. The average Bonchev–Trinajstić information content (AvgIpc) is 2.95. The largest absolute Gasteiger partial charge is 0.462 e. The van der Waals surface area contributed by atoms with Gasteiger partial charge < -0.3 is 9.47 Å². The van der Waals surface area contributed by atoms with Crippen molar-refractivity contribution in [1.82, 2.24) is 0 Å². The fourth-order valence-corrected chi connectivity index (χ4v) is 2.94. The number of carbonyl (C=O) groups excluding carboxylic acids is 3. The molecule has 2 aliphatic heterocycles. The first kappa shape index (κ1) is 17.4. The lowest BCUT2D eigenvalue weighted by Crippen LogP contribution is -2.47. The zero-order valence-corrected chi connectivity index (χ0v) is 14.4. The third kappa shape index (κ3) is 3.49. The minimum Gasteiger partial charge on any atom is -0.462 e. The average molecular weight is 343 g/mol. The molecular formula is C19H21NO5. The lowest BCUT2D eigenvalue weighted by Gasteiger charge is -2.45. The van der Waals surface area contributed by atoms with Gasteiger partial charge in [0.15, 0.2) is 0 Å². The molecule has 0 radical (unpaired) electrons. The maximum atomic E-state index is 12.1. The predicted molar refractivity (Wildman–Crippen MR) is 91.1 cm³/mol. The molecule has 0 saturated carbocycles. The zero-order valence-electron chi connectivity index (χ0n) is 14.4. The topological polar surface area (TPSA) is 72.9 Å². The summed E-state index contributed by atoms with van der Waals surface area (Å²) < 4.78 is 10.7. The van der Waals surface area contributed by atoms with Gasteiger partial charge in [0.05, 0.1) is 30.6 Å². The van der Waals surface area contributed by atoms with Crippen molar-refractivity contribution in [2.75, 3.05) is 18.1 Å². The predicted octanol–water partition coefficient (Wildman–Crippen LogP) is 2.48. The van der Waals surface area contributed by atoms with Gasteiger partial charge in [-0.1, -0.05) is 6.92 Å². The van der Waals surface area contributed by atoms with Crippen LogP contribution in [0.4, 0.5) is 5.69 Å². The number of anilines is 1. The molecule has 0 bridgehead atoms. The van der Waals surface area contributed by atoms with Gasteiger partial charge in [-0.15, -0.1) is 0 Å². The van der Waals surface area contributed by atoms with Crippen LogP contribution in [0, 0.1) is 5.41 Å². The Hall–Kier alpha value is -2.47. The second kappa shape index (κ2) is 6.80. The van der Waals surface area contributed by atoms with Gasteiger partial charge >= 0.3 is 5.97 Å². The Morgan fingerprint density at radius 2 is 1.88 bits per heavy atom. The molecule has 6 nitrogen and oxygen atoms in total. The zero-order chi connectivity index (χ0) is 18.0. The van der Waals surface area contributed by atoms with E-state index < -0.39 is 5.97 Å². The second-order valence-electron chi connectivity index (χ2n) is 6.74. The Bertz CT molecular complexity index is 706. The van der Waals surface area contributed by atoms with Gasteiger partial charge in [0.2, 0.25) is 0 Å². The Morgan fingerprint density at radius 1 is 1.24 bits per heavy atom. The van der Waals surface area contributed by atoms with Crippen molar-refractivity contribution in [1.29, 1.82) is 0 Å². The van der Waals surface area contributed by atoms with E-state index in [-0.39, 0.29) is 23.3 Å². The summed E-state index contributed by atoms with van der Waals surface area (Å²) in [4.78, 5) is 36.4. The molecular weight excluding hydrogens is 322 g/mol. The highest BCUT2D eigenvalue weighted by Gasteiger charge is 2.40. The van der Waals surface area contributed by atoms with Crippen LogP contribution < -0.4 is 4.90 Å². The van der Waals surface area contributed by atoms with Gasteiger partial charge in [-0.25, -0.2) is 9.69 Å². The van der Waals surface area contributed by atoms with E-state index in [0.717, 1.165) is 24.3 Å². The van der Waals surface area contributed by atoms with Crippen LogP contribution in [0.2, 0.25) is 0 Å². The van der Waals surface area contributed by atoms with Crippen LogP contribution in [-0.4, -0.2) is 37.1 Å². The normalized spacial score (nSPS) is 25.2. The molecule has 0 N–H and O–H groups in total. The lowest BCUT2D eigenvalue weighted by molar-refractivity contribution is -0.172. The number of nitrogens with zero attached hydrogens (tertiary/aromatic N) is 1. The monoisotopic (exact) mass is 343 g/mol. The summed E-state index contributed by atoms with van der Waals surface area (Å²) in [5.41, 5.74) is 1.00. The summed E-state index contributed by atoms with van der Waals surface area (Å²) in [6, 6.07) is 6.24. The Labute approximate surface area is 146 Å². The van der Waals surface area contributed by atoms with Crippen molar-refractivity contribution in [3.63, 3.8) is 0 Å². The third-order valence-corrected chi connectivity index (χ3v) is 4.94. The van der Waals surface area contributed by atoms with Gasteiger partial charge in [0, 0.05) is 17.6 Å². The maximum Gasteiger partial charge on any atom is 0.338 e. The molecule has 2 aliphatic rings. The van der Waals surface area contributed by atoms with Crippen LogP contribution in [0.25, 0.3) is 0 Å². The molecule has 2 heterocycles. The van der Waals surface area contributed by atoms with Crippen molar-refractivity contribution < 1.29 is 23.9 Å². The number of hydrogen-bond donors (Lipinski definition) is 0. The summed E-state index contributed by atoms with van der Waals surface area (Å²) in [5.74, 6) is -1.18. The number of rotatable bonds is 6. The third-order valence-electron chi connectivity index (χ3n) is 4.94. The Morgan fingerprint density at radius 3 is 2.40 bits per heavy atom. The van der Waals surface area contributed by atoms with E-state index in [1.54, 1.807) is 24.3 Å².